The normalized spacial score (nSPS) is 34.3. The molecule has 3 aliphatic heterocycles. The Hall–Kier alpha value is -1.79. The van der Waals surface area contributed by atoms with Crippen molar-refractivity contribution in [3.63, 3.8) is 0 Å². The molecular weight excluding hydrogens is 314 g/mol. The number of rotatable bonds is 2. The number of aliphatic hydroxyl groups excluding tert-OH is 1. The SMILES string of the molecule is OC[C@H]1[C@@H]2CC[C@@]3(CN(c4ccnc5c(F)cc(F)cc45)C[C@@H]13)O2. The average Bonchev–Trinajstić information content (AvgIpc) is 3.21. The van der Waals surface area contributed by atoms with Crippen LogP contribution in [0.25, 0.3) is 10.9 Å². The standard InChI is InChI=1S/C18H18F2N2O2/c19-10-5-11-15(2-4-21-17(11)14(20)6-10)22-7-13-12(8-23)16-1-3-18(13,9-22)24-16/h2,4-6,12-13,16,23H,1,3,7-9H2/t12-,13+,16+,18+/m1/s1. The topological polar surface area (TPSA) is 45.6 Å². The maximum absolute atomic E-state index is 14.0. The van der Waals surface area contributed by atoms with Gasteiger partial charge in [0.25, 0.3) is 0 Å². The molecule has 0 aliphatic carbocycles. The minimum absolute atomic E-state index is 0.130. The molecule has 4 heterocycles. The lowest BCUT2D eigenvalue weighted by Gasteiger charge is -2.27. The van der Waals surface area contributed by atoms with Crippen LogP contribution in [-0.2, 0) is 4.74 Å². The van der Waals surface area contributed by atoms with Gasteiger partial charge < -0.3 is 14.7 Å². The smallest absolute Gasteiger partial charge is 0.152 e. The third-order valence-electron chi connectivity index (χ3n) is 6.08. The fourth-order valence-electron chi connectivity index (χ4n) is 5.06. The van der Waals surface area contributed by atoms with Gasteiger partial charge in [-0.3, -0.25) is 4.98 Å². The number of aliphatic hydroxyl groups is 1. The highest BCUT2D eigenvalue weighted by Gasteiger charge is 2.62. The fraction of sp³-hybridized carbons (Fsp3) is 0.500. The van der Waals surface area contributed by atoms with Crippen molar-refractivity contribution >= 4 is 16.6 Å². The summed E-state index contributed by atoms with van der Waals surface area (Å²) < 4.78 is 34.0. The minimum Gasteiger partial charge on any atom is -0.396 e. The van der Waals surface area contributed by atoms with E-state index in [-0.39, 0.29) is 35.7 Å². The van der Waals surface area contributed by atoms with Crippen LogP contribution < -0.4 is 4.90 Å². The van der Waals surface area contributed by atoms with Crippen LogP contribution in [0.4, 0.5) is 14.5 Å². The van der Waals surface area contributed by atoms with Gasteiger partial charge in [0.15, 0.2) is 5.82 Å². The predicted molar refractivity (Wildman–Crippen MR) is 84.8 cm³/mol. The van der Waals surface area contributed by atoms with E-state index in [1.165, 1.54) is 6.07 Å². The second-order valence-corrected chi connectivity index (χ2v) is 7.21. The predicted octanol–water partition coefficient (Wildman–Crippen LogP) is 2.49. The van der Waals surface area contributed by atoms with Crippen LogP contribution in [0.1, 0.15) is 12.8 Å². The van der Waals surface area contributed by atoms with Gasteiger partial charge in [0, 0.05) is 54.9 Å². The molecule has 2 aromatic rings. The summed E-state index contributed by atoms with van der Waals surface area (Å²) in [5, 5.41) is 10.2. The molecular formula is C18H18F2N2O2. The summed E-state index contributed by atoms with van der Waals surface area (Å²) in [6.45, 7) is 1.56. The molecule has 1 spiro atoms. The lowest BCUT2D eigenvalue weighted by molar-refractivity contribution is 0.0129. The van der Waals surface area contributed by atoms with Gasteiger partial charge in [-0.2, -0.15) is 0 Å². The number of anilines is 1. The Morgan fingerprint density at radius 1 is 1.38 bits per heavy atom. The zero-order valence-corrected chi connectivity index (χ0v) is 13.1. The van der Waals surface area contributed by atoms with E-state index < -0.39 is 11.6 Å². The van der Waals surface area contributed by atoms with Crippen LogP contribution in [0.15, 0.2) is 24.4 Å². The van der Waals surface area contributed by atoms with E-state index in [0.717, 1.165) is 31.1 Å². The van der Waals surface area contributed by atoms with Crippen molar-refractivity contribution in [1.29, 1.82) is 0 Å². The zero-order valence-electron chi connectivity index (χ0n) is 13.1. The first-order valence-electron chi connectivity index (χ1n) is 8.39. The summed E-state index contributed by atoms with van der Waals surface area (Å²) in [5.41, 5.74) is 0.748. The summed E-state index contributed by atoms with van der Waals surface area (Å²) in [4.78, 5) is 6.20. The summed E-state index contributed by atoms with van der Waals surface area (Å²) in [5.74, 6) is -0.819. The largest absolute Gasteiger partial charge is 0.396 e. The maximum atomic E-state index is 14.0. The highest BCUT2D eigenvalue weighted by molar-refractivity contribution is 5.92. The van der Waals surface area contributed by atoms with Crippen LogP contribution >= 0.6 is 0 Å². The second-order valence-electron chi connectivity index (χ2n) is 7.21. The van der Waals surface area contributed by atoms with Crippen molar-refractivity contribution in [2.45, 2.75) is 24.5 Å². The molecule has 4 nitrogen and oxygen atoms in total. The molecule has 0 saturated carbocycles. The molecule has 1 aromatic heterocycles. The van der Waals surface area contributed by atoms with Gasteiger partial charge >= 0.3 is 0 Å². The molecule has 126 valence electrons. The van der Waals surface area contributed by atoms with Gasteiger partial charge in [-0.1, -0.05) is 0 Å². The van der Waals surface area contributed by atoms with Crippen molar-refractivity contribution in [3.8, 4) is 0 Å². The number of aromatic nitrogens is 1. The van der Waals surface area contributed by atoms with Crippen LogP contribution in [0.2, 0.25) is 0 Å². The molecule has 4 atom stereocenters. The molecule has 3 saturated heterocycles. The molecule has 3 fully saturated rings. The van der Waals surface area contributed by atoms with E-state index in [2.05, 4.69) is 9.88 Å². The monoisotopic (exact) mass is 332 g/mol. The number of ether oxygens (including phenoxy) is 1. The molecule has 2 bridgehead atoms. The molecule has 1 N–H and O–H groups in total. The Morgan fingerprint density at radius 2 is 2.25 bits per heavy atom. The van der Waals surface area contributed by atoms with Crippen molar-refractivity contribution in [2.24, 2.45) is 11.8 Å². The molecule has 24 heavy (non-hydrogen) atoms. The van der Waals surface area contributed by atoms with E-state index in [4.69, 9.17) is 4.74 Å². The highest BCUT2D eigenvalue weighted by Crippen LogP contribution is 2.55. The van der Waals surface area contributed by atoms with Gasteiger partial charge in [-0.05, 0) is 25.0 Å². The molecule has 0 amide bonds. The first-order valence-corrected chi connectivity index (χ1v) is 8.39. The van der Waals surface area contributed by atoms with Gasteiger partial charge in [0.05, 0.1) is 11.7 Å². The molecule has 5 rings (SSSR count). The quantitative estimate of drug-likeness (QED) is 0.918. The Morgan fingerprint density at radius 3 is 3.08 bits per heavy atom. The van der Waals surface area contributed by atoms with E-state index in [1.807, 2.05) is 0 Å². The number of hydrogen-bond acceptors (Lipinski definition) is 4. The van der Waals surface area contributed by atoms with Gasteiger partial charge in [-0.15, -0.1) is 0 Å². The summed E-state index contributed by atoms with van der Waals surface area (Å²) in [7, 11) is 0. The van der Waals surface area contributed by atoms with Gasteiger partial charge in [0.1, 0.15) is 11.3 Å². The number of nitrogens with zero attached hydrogens (tertiary/aromatic N) is 2. The molecule has 1 aromatic carbocycles. The van der Waals surface area contributed by atoms with Crippen LogP contribution in [0.3, 0.4) is 0 Å². The van der Waals surface area contributed by atoms with Crippen LogP contribution in [0.5, 0.6) is 0 Å². The Bertz CT molecular complexity index is 830. The Labute approximate surface area is 138 Å². The third-order valence-corrected chi connectivity index (χ3v) is 6.08. The Balaban J connectivity index is 1.58. The van der Waals surface area contributed by atoms with Crippen molar-refractivity contribution < 1.29 is 18.6 Å². The molecule has 0 radical (unpaired) electrons. The van der Waals surface area contributed by atoms with Crippen LogP contribution in [0, 0.1) is 23.5 Å². The second kappa shape index (κ2) is 4.86. The summed E-state index contributed by atoms with van der Waals surface area (Å²) >= 11 is 0. The number of halogens is 2. The average molecular weight is 332 g/mol. The van der Waals surface area contributed by atoms with Gasteiger partial charge in [0.2, 0.25) is 0 Å². The fourth-order valence-corrected chi connectivity index (χ4v) is 5.06. The van der Waals surface area contributed by atoms with Crippen LogP contribution in [-0.4, -0.2) is 41.5 Å². The first kappa shape index (κ1) is 14.5. The molecule has 6 heteroatoms. The maximum Gasteiger partial charge on any atom is 0.152 e. The lowest BCUT2D eigenvalue weighted by atomic mass is 9.74. The number of fused-ring (bicyclic) bond motifs is 2. The number of pyridine rings is 1. The zero-order chi connectivity index (χ0) is 16.5. The lowest BCUT2D eigenvalue weighted by Crippen LogP contribution is -2.37. The highest BCUT2D eigenvalue weighted by atomic mass is 19.1. The van der Waals surface area contributed by atoms with Crippen molar-refractivity contribution in [2.75, 3.05) is 24.6 Å². The summed E-state index contributed by atoms with van der Waals surface area (Å²) in [6, 6.07) is 4.01. The first-order chi connectivity index (χ1) is 11.6. The minimum atomic E-state index is -0.644. The van der Waals surface area contributed by atoms with E-state index in [9.17, 15) is 13.9 Å². The van der Waals surface area contributed by atoms with E-state index in [0.29, 0.717) is 11.9 Å². The number of hydrogen-bond donors (Lipinski definition) is 1. The van der Waals surface area contributed by atoms with E-state index in [1.54, 1.807) is 12.3 Å². The van der Waals surface area contributed by atoms with Crippen molar-refractivity contribution in [1.82, 2.24) is 4.98 Å². The summed E-state index contributed by atoms with van der Waals surface area (Å²) in [6.07, 6.45) is 3.69. The van der Waals surface area contributed by atoms with E-state index >= 15 is 0 Å². The van der Waals surface area contributed by atoms with Gasteiger partial charge in [-0.25, -0.2) is 8.78 Å². The number of benzene rings is 1. The molecule has 0 unspecified atom stereocenters. The third kappa shape index (κ3) is 1.81. The molecule has 3 aliphatic rings. The Kier molecular flexibility index (Phi) is 2.95. The van der Waals surface area contributed by atoms with Crippen molar-refractivity contribution in [3.05, 3.63) is 36.0 Å².